The van der Waals surface area contributed by atoms with E-state index in [4.69, 9.17) is 11.5 Å². The van der Waals surface area contributed by atoms with Gasteiger partial charge in [0, 0.05) is 12.1 Å². The van der Waals surface area contributed by atoms with Gasteiger partial charge in [-0.25, -0.2) is 4.79 Å². The maximum absolute atomic E-state index is 11.6. The minimum absolute atomic E-state index is 0.0190. The van der Waals surface area contributed by atoms with Crippen LogP contribution in [0.1, 0.15) is 11.1 Å². The van der Waals surface area contributed by atoms with Gasteiger partial charge in [-0.15, -0.1) is 0 Å². The Morgan fingerprint density at radius 2 is 1.62 bits per heavy atom. The zero-order valence-corrected chi connectivity index (χ0v) is 14.6. The second kappa shape index (κ2) is 5.60. The molecule has 0 aliphatic carbocycles. The van der Waals surface area contributed by atoms with Crippen molar-refractivity contribution in [3.8, 4) is 0 Å². The lowest BCUT2D eigenvalue weighted by Crippen LogP contribution is -2.64. The Labute approximate surface area is 147 Å². The summed E-state index contributed by atoms with van der Waals surface area (Å²) < 4.78 is 64.8. The fraction of sp³-hybridized carbons (Fsp3) is 0.154. The molecular formula is C13H14N4O7S2. The third kappa shape index (κ3) is 3.11. The summed E-state index contributed by atoms with van der Waals surface area (Å²) in [4.78, 5) is 10.2. The van der Waals surface area contributed by atoms with Gasteiger partial charge in [0.05, 0.1) is 9.79 Å². The van der Waals surface area contributed by atoms with Gasteiger partial charge in [0.15, 0.2) is 5.79 Å². The summed E-state index contributed by atoms with van der Waals surface area (Å²) in [7, 11) is -9.25. The van der Waals surface area contributed by atoms with E-state index in [1.165, 1.54) is 6.07 Å². The quantitative estimate of drug-likeness (QED) is 0.280. The van der Waals surface area contributed by atoms with Crippen LogP contribution in [0.25, 0.3) is 10.8 Å². The van der Waals surface area contributed by atoms with Crippen molar-refractivity contribution in [3.63, 3.8) is 0 Å². The van der Waals surface area contributed by atoms with Crippen molar-refractivity contribution in [2.45, 2.75) is 22.1 Å². The van der Waals surface area contributed by atoms with Crippen LogP contribution in [-0.4, -0.2) is 32.0 Å². The highest BCUT2D eigenvalue weighted by molar-refractivity contribution is 7.86. The lowest BCUT2D eigenvalue weighted by atomic mass is 9.91. The van der Waals surface area contributed by atoms with Gasteiger partial charge in [-0.05, 0) is 40.6 Å². The van der Waals surface area contributed by atoms with Gasteiger partial charge in [0.25, 0.3) is 20.2 Å². The average Bonchev–Trinajstić information content (AvgIpc) is 2.47. The van der Waals surface area contributed by atoms with Crippen molar-refractivity contribution >= 4 is 37.0 Å². The Morgan fingerprint density at radius 3 is 2.12 bits per heavy atom. The molecule has 1 aliphatic rings. The molecule has 1 heterocycles. The Morgan fingerprint density at radius 1 is 1.08 bits per heavy atom. The van der Waals surface area contributed by atoms with Crippen LogP contribution in [0.5, 0.6) is 0 Å². The molecule has 3 rings (SSSR count). The van der Waals surface area contributed by atoms with Gasteiger partial charge in [-0.2, -0.15) is 16.8 Å². The first-order valence-corrected chi connectivity index (χ1v) is 9.87. The van der Waals surface area contributed by atoms with Crippen molar-refractivity contribution < 1.29 is 30.7 Å². The SMILES string of the molecule is NC(=O)NC1(N)NCc2cc(S(=O)(=O)O)cc3cc(S(=O)(=O)O)cc1c23. The van der Waals surface area contributed by atoms with E-state index in [9.17, 15) is 30.7 Å². The number of nitrogens with one attached hydrogen (secondary N) is 2. The predicted molar refractivity (Wildman–Crippen MR) is 89.0 cm³/mol. The van der Waals surface area contributed by atoms with Gasteiger partial charge in [-0.1, -0.05) is 0 Å². The van der Waals surface area contributed by atoms with E-state index in [0.29, 0.717) is 10.9 Å². The van der Waals surface area contributed by atoms with Crippen molar-refractivity contribution in [1.29, 1.82) is 0 Å². The fourth-order valence-corrected chi connectivity index (χ4v) is 4.04. The molecule has 0 saturated heterocycles. The van der Waals surface area contributed by atoms with Crippen LogP contribution >= 0.6 is 0 Å². The van der Waals surface area contributed by atoms with Crippen molar-refractivity contribution in [2.75, 3.05) is 0 Å². The maximum atomic E-state index is 11.6. The smallest absolute Gasteiger partial charge is 0.314 e. The fourth-order valence-electron chi connectivity index (χ4n) is 2.93. The summed E-state index contributed by atoms with van der Waals surface area (Å²) in [5.74, 6) is -1.77. The van der Waals surface area contributed by atoms with E-state index in [2.05, 4.69) is 10.6 Å². The van der Waals surface area contributed by atoms with Crippen LogP contribution in [0.15, 0.2) is 34.1 Å². The highest BCUT2D eigenvalue weighted by Gasteiger charge is 2.36. The Hall–Kier alpha value is -2.29. The van der Waals surface area contributed by atoms with Crippen molar-refractivity contribution in [2.24, 2.45) is 11.5 Å². The zero-order valence-electron chi connectivity index (χ0n) is 12.9. The normalized spacial score (nSPS) is 20.1. The molecule has 0 saturated carbocycles. The van der Waals surface area contributed by atoms with Gasteiger partial charge in [0.1, 0.15) is 0 Å². The van der Waals surface area contributed by atoms with E-state index >= 15 is 0 Å². The zero-order chi connectivity index (χ0) is 19.5. The molecule has 0 radical (unpaired) electrons. The molecule has 140 valence electrons. The molecule has 0 fully saturated rings. The molecule has 1 atom stereocenters. The lowest BCUT2D eigenvalue weighted by Gasteiger charge is -2.37. The van der Waals surface area contributed by atoms with Crippen molar-refractivity contribution in [3.05, 3.63) is 35.4 Å². The number of nitrogens with two attached hydrogens (primary N) is 2. The molecule has 1 unspecified atom stereocenters. The highest BCUT2D eigenvalue weighted by Crippen LogP contribution is 2.36. The van der Waals surface area contributed by atoms with Crippen LogP contribution in [0.4, 0.5) is 4.79 Å². The average molecular weight is 402 g/mol. The summed E-state index contributed by atoms with van der Waals surface area (Å²) in [6.45, 7) is -0.0190. The molecule has 2 aromatic carbocycles. The summed E-state index contributed by atoms with van der Waals surface area (Å²) >= 11 is 0. The number of rotatable bonds is 3. The summed E-state index contributed by atoms with van der Waals surface area (Å²) in [6, 6.07) is 3.29. The van der Waals surface area contributed by atoms with Gasteiger partial charge < -0.3 is 11.1 Å². The molecule has 0 spiro atoms. The van der Waals surface area contributed by atoms with E-state index in [1.807, 2.05) is 0 Å². The van der Waals surface area contributed by atoms with Gasteiger partial charge in [0.2, 0.25) is 0 Å². The number of carbonyl (C=O) groups excluding carboxylic acids is 1. The number of carbonyl (C=O) groups is 1. The number of benzene rings is 2. The van der Waals surface area contributed by atoms with E-state index in [-0.39, 0.29) is 17.5 Å². The highest BCUT2D eigenvalue weighted by atomic mass is 32.2. The Balaban J connectivity index is 2.45. The predicted octanol–water partition coefficient (Wildman–Crippen LogP) is -0.826. The van der Waals surface area contributed by atoms with Crippen LogP contribution in [0.2, 0.25) is 0 Å². The summed E-state index contributed by atoms with van der Waals surface area (Å²) in [6.07, 6.45) is 0. The molecule has 13 heteroatoms. The second-order valence-electron chi connectivity index (χ2n) is 5.75. The Bertz CT molecular complexity index is 1160. The molecular weight excluding hydrogens is 388 g/mol. The monoisotopic (exact) mass is 402 g/mol. The lowest BCUT2D eigenvalue weighted by molar-refractivity contribution is 0.218. The molecule has 2 amide bonds. The number of urea groups is 1. The van der Waals surface area contributed by atoms with Crippen LogP contribution in [0, 0.1) is 0 Å². The Kier molecular flexibility index (Phi) is 3.99. The minimum Gasteiger partial charge on any atom is -0.352 e. The summed E-state index contributed by atoms with van der Waals surface area (Å²) in [5.41, 5.74) is 11.6. The maximum Gasteiger partial charge on any atom is 0.314 e. The van der Waals surface area contributed by atoms with Gasteiger partial charge >= 0.3 is 6.03 Å². The number of hydrogen-bond acceptors (Lipinski definition) is 7. The molecule has 2 aromatic rings. The number of amides is 2. The molecule has 0 bridgehead atoms. The topological polar surface area (TPSA) is 202 Å². The van der Waals surface area contributed by atoms with Crippen LogP contribution in [0.3, 0.4) is 0 Å². The van der Waals surface area contributed by atoms with E-state index in [1.54, 1.807) is 0 Å². The van der Waals surface area contributed by atoms with Crippen molar-refractivity contribution in [1.82, 2.24) is 10.6 Å². The first-order chi connectivity index (χ1) is 11.8. The first-order valence-electron chi connectivity index (χ1n) is 6.99. The van der Waals surface area contributed by atoms with Crippen LogP contribution in [-0.2, 0) is 32.6 Å². The third-order valence-corrected chi connectivity index (χ3v) is 5.64. The van der Waals surface area contributed by atoms with Gasteiger partial charge in [-0.3, -0.25) is 20.2 Å². The van der Waals surface area contributed by atoms with E-state index in [0.717, 1.165) is 18.2 Å². The second-order valence-corrected chi connectivity index (χ2v) is 8.60. The molecule has 1 aliphatic heterocycles. The molecule has 26 heavy (non-hydrogen) atoms. The molecule has 0 aromatic heterocycles. The van der Waals surface area contributed by atoms with E-state index < -0.39 is 41.8 Å². The van der Waals surface area contributed by atoms with Crippen LogP contribution < -0.4 is 22.1 Å². The first kappa shape index (κ1) is 18.5. The number of hydrogen-bond donors (Lipinski definition) is 6. The third-order valence-electron chi connectivity index (χ3n) is 3.98. The largest absolute Gasteiger partial charge is 0.352 e. The molecule has 11 nitrogen and oxygen atoms in total. The minimum atomic E-state index is -4.68. The standard InChI is InChI=1S/C13H14N4O7S2/c14-12(18)17-13(15)10-4-9(26(22,23)24)2-6-1-8(25(19,20)21)3-7(5-16-13)11(6)10/h1-4,16H,5,15H2,(H3,14,17,18)(H,19,20,21)(H,22,23,24). The molecule has 8 N–H and O–H groups in total. The summed E-state index contributed by atoms with van der Waals surface area (Å²) in [5, 5.41) is 5.38. The number of primary amides is 1.